The van der Waals surface area contributed by atoms with E-state index in [-0.39, 0.29) is 23.7 Å². The summed E-state index contributed by atoms with van der Waals surface area (Å²) in [7, 11) is 1.81. The van der Waals surface area contributed by atoms with Gasteiger partial charge >= 0.3 is 0 Å². The van der Waals surface area contributed by atoms with Gasteiger partial charge < -0.3 is 9.74 Å². The van der Waals surface area contributed by atoms with Gasteiger partial charge in [0.25, 0.3) is 0 Å². The summed E-state index contributed by atoms with van der Waals surface area (Å²) in [6, 6.07) is 6.21. The molecular formula is C15H17FN2O2. The van der Waals surface area contributed by atoms with E-state index in [0.29, 0.717) is 13.0 Å². The predicted molar refractivity (Wildman–Crippen MR) is 72.8 cm³/mol. The molecule has 1 saturated carbocycles. The van der Waals surface area contributed by atoms with Gasteiger partial charge in [-0.2, -0.15) is 0 Å². The van der Waals surface area contributed by atoms with E-state index in [1.807, 2.05) is 0 Å². The van der Waals surface area contributed by atoms with Crippen molar-refractivity contribution in [2.75, 3.05) is 13.6 Å². The van der Waals surface area contributed by atoms with Crippen LogP contribution in [0.3, 0.4) is 0 Å². The number of carbonyl (C=O) groups excluding carboxylic acids is 1. The van der Waals surface area contributed by atoms with Crippen LogP contribution < -0.4 is 0 Å². The Morgan fingerprint density at radius 1 is 1.40 bits per heavy atom. The Labute approximate surface area is 117 Å². The molecule has 20 heavy (non-hydrogen) atoms. The average Bonchev–Trinajstić information content (AvgIpc) is 3.19. The Morgan fingerprint density at radius 3 is 2.75 bits per heavy atom. The third-order valence-electron chi connectivity index (χ3n) is 3.69. The van der Waals surface area contributed by atoms with E-state index in [1.54, 1.807) is 24.1 Å². The molecule has 0 aromatic heterocycles. The van der Waals surface area contributed by atoms with Crippen LogP contribution in [0.1, 0.15) is 24.8 Å². The Hall–Kier alpha value is -1.91. The molecule has 1 unspecified atom stereocenters. The first-order valence-electron chi connectivity index (χ1n) is 6.87. The lowest BCUT2D eigenvalue weighted by atomic mass is 10.0. The summed E-state index contributed by atoms with van der Waals surface area (Å²) in [5.41, 5.74) is 1.67. The fourth-order valence-electron chi connectivity index (χ4n) is 2.38. The summed E-state index contributed by atoms with van der Waals surface area (Å²) in [6.45, 7) is 0.545. The number of benzene rings is 1. The van der Waals surface area contributed by atoms with Crippen LogP contribution >= 0.6 is 0 Å². The Kier molecular flexibility index (Phi) is 3.42. The van der Waals surface area contributed by atoms with Crippen molar-refractivity contribution in [2.45, 2.75) is 25.4 Å². The fraction of sp³-hybridized carbons (Fsp3) is 0.467. The molecule has 106 valence electrons. The highest BCUT2D eigenvalue weighted by Gasteiger charge is 2.34. The number of likely N-dealkylation sites (N-methyl/N-ethyl adjacent to an activating group) is 1. The number of oxime groups is 1. The van der Waals surface area contributed by atoms with Gasteiger partial charge in [-0.1, -0.05) is 17.3 Å². The highest BCUT2D eigenvalue weighted by atomic mass is 19.1. The maximum absolute atomic E-state index is 12.9. The van der Waals surface area contributed by atoms with Gasteiger partial charge in [0.15, 0.2) is 6.10 Å². The molecule has 1 aromatic rings. The third kappa shape index (κ3) is 2.81. The second-order valence-corrected chi connectivity index (χ2v) is 5.47. The summed E-state index contributed by atoms with van der Waals surface area (Å²) >= 11 is 0. The van der Waals surface area contributed by atoms with Gasteiger partial charge in [-0.05, 0) is 30.5 Å². The lowest BCUT2D eigenvalue weighted by Gasteiger charge is -2.19. The van der Waals surface area contributed by atoms with Gasteiger partial charge in [0.2, 0.25) is 5.91 Å². The van der Waals surface area contributed by atoms with E-state index in [0.717, 1.165) is 24.1 Å². The quantitative estimate of drug-likeness (QED) is 0.846. The molecular weight excluding hydrogens is 259 g/mol. The summed E-state index contributed by atoms with van der Waals surface area (Å²) in [4.78, 5) is 19.0. The van der Waals surface area contributed by atoms with Crippen molar-refractivity contribution in [3.05, 3.63) is 35.6 Å². The Bertz CT molecular complexity index is 537. The SMILES string of the molecule is CN(CC1CC(c2ccc(F)cc2)=NO1)C(=O)C1CC1. The number of rotatable bonds is 4. The smallest absolute Gasteiger partial charge is 0.225 e. The fourth-order valence-corrected chi connectivity index (χ4v) is 2.38. The lowest BCUT2D eigenvalue weighted by molar-refractivity contribution is -0.132. The van der Waals surface area contributed by atoms with E-state index in [1.165, 1.54) is 12.1 Å². The first kappa shape index (κ1) is 13.1. The maximum atomic E-state index is 12.9. The van der Waals surface area contributed by atoms with E-state index in [9.17, 15) is 9.18 Å². The second-order valence-electron chi connectivity index (χ2n) is 5.47. The van der Waals surface area contributed by atoms with Crippen LogP contribution in [0.15, 0.2) is 29.4 Å². The van der Waals surface area contributed by atoms with E-state index in [2.05, 4.69) is 5.16 Å². The van der Waals surface area contributed by atoms with Crippen molar-refractivity contribution < 1.29 is 14.0 Å². The predicted octanol–water partition coefficient (Wildman–Crippen LogP) is 2.19. The molecule has 5 heteroatoms. The zero-order valence-electron chi connectivity index (χ0n) is 11.4. The molecule has 0 N–H and O–H groups in total. The van der Waals surface area contributed by atoms with E-state index in [4.69, 9.17) is 4.84 Å². The number of hydrogen-bond acceptors (Lipinski definition) is 3. The Balaban J connectivity index is 1.55. The van der Waals surface area contributed by atoms with Crippen LogP contribution in [0.25, 0.3) is 0 Å². The van der Waals surface area contributed by atoms with Gasteiger partial charge in [-0.25, -0.2) is 4.39 Å². The molecule has 0 saturated heterocycles. The minimum atomic E-state index is -0.264. The third-order valence-corrected chi connectivity index (χ3v) is 3.69. The number of hydrogen-bond donors (Lipinski definition) is 0. The van der Waals surface area contributed by atoms with Crippen molar-refractivity contribution in [1.29, 1.82) is 0 Å². The topological polar surface area (TPSA) is 41.9 Å². The lowest BCUT2D eigenvalue weighted by Crippen LogP contribution is -2.35. The summed E-state index contributed by atoms with van der Waals surface area (Å²) in [5, 5.41) is 4.05. The molecule has 1 aromatic carbocycles. The van der Waals surface area contributed by atoms with Crippen LogP contribution in [0.5, 0.6) is 0 Å². The molecule has 4 nitrogen and oxygen atoms in total. The minimum Gasteiger partial charge on any atom is -0.390 e. The normalized spacial score (nSPS) is 21.3. The van der Waals surface area contributed by atoms with Crippen LogP contribution in [0.4, 0.5) is 4.39 Å². The zero-order chi connectivity index (χ0) is 14.1. The molecule has 1 aliphatic heterocycles. The summed E-state index contributed by atoms with van der Waals surface area (Å²) in [5.74, 6) is 0.155. The highest BCUT2D eigenvalue weighted by Crippen LogP contribution is 2.31. The average molecular weight is 276 g/mol. The number of nitrogens with zero attached hydrogens (tertiary/aromatic N) is 2. The summed E-state index contributed by atoms with van der Waals surface area (Å²) in [6.07, 6.45) is 2.55. The monoisotopic (exact) mass is 276 g/mol. The van der Waals surface area contributed by atoms with Crippen LogP contribution in [0, 0.1) is 11.7 Å². The van der Waals surface area contributed by atoms with E-state index < -0.39 is 0 Å². The van der Waals surface area contributed by atoms with Crippen molar-refractivity contribution in [2.24, 2.45) is 11.1 Å². The minimum absolute atomic E-state index is 0.109. The molecule has 0 radical (unpaired) electrons. The highest BCUT2D eigenvalue weighted by molar-refractivity contribution is 6.01. The first-order chi connectivity index (χ1) is 9.63. The maximum Gasteiger partial charge on any atom is 0.225 e. The van der Waals surface area contributed by atoms with Gasteiger partial charge in [0.1, 0.15) is 5.82 Å². The van der Waals surface area contributed by atoms with Gasteiger partial charge in [0.05, 0.1) is 12.3 Å². The van der Waals surface area contributed by atoms with Crippen LogP contribution in [-0.4, -0.2) is 36.2 Å². The molecule has 0 bridgehead atoms. The molecule has 0 spiro atoms. The molecule has 1 aliphatic carbocycles. The molecule has 2 aliphatic rings. The Morgan fingerprint density at radius 2 is 2.10 bits per heavy atom. The zero-order valence-corrected chi connectivity index (χ0v) is 11.4. The number of halogens is 1. The van der Waals surface area contributed by atoms with Gasteiger partial charge in [-0.3, -0.25) is 4.79 Å². The largest absolute Gasteiger partial charge is 0.390 e. The first-order valence-corrected chi connectivity index (χ1v) is 6.87. The molecule has 1 atom stereocenters. The van der Waals surface area contributed by atoms with Crippen molar-refractivity contribution in [1.82, 2.24) is 4.90 Å². The van der Waals surface area contributed by atoms with E-state index >= 15 is 0 Å². The van der Waals surface area contributed by atoms with Gasteiger partial charge in [-0.15, -0.1) is 0 Å². The molecule has 3 rings (SSSR count). The molecule has 1 amide bonds. The van der Waals surface area contributed by atoms with Crippen LogP contribution in [-0.2, 0) is 9.63 Å². The second kappa shape index (κ2) is 5.23. The molecule has 1 fully saturated rings. The van der Waals surface area contributed by atoms with Gasteiger partial charge in [0, 0.05) is 19.4 Å². The number of amides is 1. The standard InChI is InChI=1S/C15H17FN2O2/c1-18(15(19)11-2-3-11)9-13-8-14(17-20-13)10-4-6-12(16)7-5-10/h4-7,11,13H,2-3,8-9H2,1H3. The number of carbonyl (C=O) groups is 1. The van der Waals surface area contributed by atoms with Crippen molar-refractivity contribution in [3.63, 3.8) is 0 Å². The van der Waals surface area contributed by atoms with Crippen LogP contribution in [0.2, 0.25) is 0 Å². The molecule has 1 heterocycles. The van der Waals surface area contributed by atoms with Crippen molar-refractivity contribution >= 4 is 11.6 Å². The van der Waals surface area contributed by atoms with Crippen molar-refractivity contribution in [3.8, 4) is 0 Å². The summed E-state index contributed by atoms with van der Waals surface area (Å²) < 4.78 is 12.9.